The predicted molar refractivity (Wildman–Crippen MR) is 143 cm³/mol. The number of carboxylic acid groups (broad SMARTS) is 1. The molecule has 0 aliphatic heterocycles. The molecule has 0 spiro atoms. The fourth-order valence-corrected chi connectivity index (χ4v) is 4.92. The van der Waals surface area contributed by atoms with Crippen LogP contribution in [0.2, 0.25) is 0 Å². The van der Waals surface area contributed by atoms with E-state index in [0.29, 0.717) is 18.5 Å². The molecule has 0 aromatic rings. The Labute approximate surface area is 209 Å². The zero-order valence-corrected chi connectivity index (χ0v) is 22.2. The first-order chi connectivity index (χ1) is 16.6. The number of unbranched alkanes of at least 4 members (excludes halogenated alkanes) is 11. The van der Waals surface area contributed by atoms with Gasteiger partial charge in [0.2, 0.25) is 0 Å². The zero-order valence-electron chi connectivity index (χ0n) is 22.2. The van der Waals surface area contributed by atoms with Gasteiger partial charge in [0, 0.05) is 0 Å². The van der Waals surface area contributed by atoms with Crippen molar-refractivity contribution in [1.82, 2.24) is 0 Å². The predicted octanol–water partition coefficient (Wildman–Crippen LogP) is 8.35. The van der Waals surface area contributed by atoms with E-state index in [0.717, 1.165) is 12.8 Å². The summed E-state index contributed by atoms with van der Waals surface area (Å²) in [4.78, 5) is 19.3. The normalized spacial score (nSPS) is 17.8. The summed E-state index contributed by atoms with van der Waals surface area (Å²) in [5.41, 5.74) is 0. The molecule has 0 aromatic heterocycles. The number of aliphatic hydroxyl groups is 1. The minimum Gasteiger partial charge on any atom is -0.479 e. The molecule has 1 atom stereocenters. The fraction of sp³-hybridized carbons (Fsp3) is 0.931. The molecule has 198 valence electrons. The number of rotatable bonds is 16. The number of aliphatic carboxylic acids is 1. The Balaban J connectivity index is 0.000000347. The molecule has 5 heteroatoms. The molecule has 0 heterocycles. The Morgan fingerprint density at radius 3 is 1.47 bits per heavy atom. The number of carbonyl (C=O) groups is 1. The van der Waals surface area contributed by atoms with E-state index in [4.69, 9.17) is 10.2 Å². The van der Waals surface area contributed by atoms with Crippen molar-refractivity contribution in [3.63, 3.8) is 0 Å². The lowest BCUT2D eigenvalue weighted by molar-refractivity contribution is -0.146. The van der Waals surface area contributed by atoms with E-state index < -0.39 is 12.1 Å². The van der Waals surface area contributed by atoms with E-state index in [9.17, 15) is 4.79 Å². The van der Waals surface area contributed by atoms with Crippen molar-refractivity contribution < 1.29 is 15.0 Å². The third-order valence-corrected chi connectivity index (χ3v) is 7.25. The maximum absolute atomic E-state index is 10.4. The van der Waals surface area contributed by atoms with Crippen molar-refractivity contribution >= 4 is 12.0 Å². The van der Waals surface area contributed by atoms with Crippen LogP contribution in [-0.2, 0) is 4.79 Å². The monoisotopic (exact) mass is 478 g/mol. The van der Waals surface area contributed by atoms with Crippen LogP contribution in [-0.4, -0.2) is 40.4 Å². The highest BCUT2D eigenvalue weighted by molar-refractivity contribution is 5.71. The first-order valence-electron chi connectivity index (χ1n) is 14.7. The van der Waals surface area contributed by atoms with Gasteiger partial charge in [-0.25, -0.2) is 14.8 Å². The smallest absolute Gasteiger partial charge is 0.332 e. The number of aliphatic imine (C=N–C) groups is 2. The SMILES string of the molecule is C(=NC1CCCCC1)=NC1CCCCC1.CCCCCCCCCCCCCCC(O)C(=O)O. The number of hydrogen-bond acceptors (Lipinski definition) is 4. The number of nitrogens with zero attached hydrogens (tertiary/aromatic N) is 2. The Morgan fingerprint density at radius 2 is 1.09 bits per heavy atom. The average molecular weight is 479 g/mol. The van der Waals surface area contributed by atoms with Gasteiger partial charge in [0.25, 0.3) is 0 Å². The molecule has 2 rings (SSSR count). The van der Waals surface area contributed by atoms with Crippen molar-refractivity contribution in [3.8, 4) is 0 Å². The first kappa shape index (κ1) is 30.8. The summed E-state index contributed by atoms with van der Waals surface area (Å²) in [6, 6.07) is 4.04. The molecule has 1 unspecified atom stereocenters. The number of carboxylic acids is 1. The molecule has 2 aliphatic carbocycles. The third-order valence-electron chi connectivity index (χ3n) is 7.25. The molecular weight excluding hydrogens is 424 g/mol. The second kappa shape index (κ2) is 22.3. The van der Waals surface area contributed by atoms with E-state index >= 15 is 0 Å². The molecule has 0 aromatic carbocycles. The van der Waals surface area contributed by atoms with Crippen LogP contribution < -0.4 is 0 Å². The van der Waals surface area contributed by atoms with Crippen LogP contribution in [0.4, 0.5) is 0 Å². The van der Waals surface area contributed by atoms with E-state index in [2.05, 4.69) is 22.9 Å². The van der Waals surface area contributed by atoms with Crippen molar-refractivity contribution in [2.75, 3.05) is 0 Å². The maximum atomic E-state index is 10.4. The molecule has 2 saturated carbocycles. The van der Waals surface area contributed by atoms with Crippen LogP contribution in [0.15, 0.2) is 9.98 Å². The summed E-state index contributed by atoms with van der Waals surface area (Å²) in [6.45, 7) is 2.25. The summed E-state index contributed by atoms with van der Waals surface area (Å²) in [5.74, 6) is -1.09. The van der Waals surface area contributed by atoms with Crippen LogP contribution in [0.5, 0.6) is 0 Å². The minimum atomic E-state index is -1.16. The summed E-state index contributed by atoms with van der Waals surface area (Å²) < 4.78 is 0. The molecule has 2 aliphatic rings. The largest absolute Gasteiger partial charge is 0.479 e. The molecule has 0 radical (unpaired) electrons. The number of aliphatic hydroxyl groups excluding tert-OH is 1. The summed E-state index contributed by atoms with van der Waals surface area (Å²) >= 11 is 0. The van der Waals surface area contributed by atoms with Crippen LogP contribution in [0, 0.1) is 0 Å². The van der Waals surface area contributed by atoms with E-state index in [-0.39, 0.29) is 0 Å². The Bertz CT molecular complexity index is 511. The van der Waals surface area contributed by atoms with Crippen LogP contribution >= 0.6 is 0 Å². The molecule has 34 heavy (non-hydrogen) atoms. The third kappa shape index (κ3) is 18.2. The van der Waals surface area contributed by atoms with Gasteiger partial charge in [0.1, 0.15) is 0 Å². The van der Waals surface area contributed by atoms with Crippen LogP contribution in [0.25, 0.3) is 0 Å². The van der Waals surface area contributed by atoms with Crippen molar-refractivity contribution in [2.24, 2.45) is 9.98 Å². The van der Waals surface area contributed by atoms with Crippen LogP contribution in [0.3, 0.4) is 0 Å². The van der Waals surface area contributed by atoms with Gasteiger partial charge in [-0.2, -0.15) is 0 Å². The van der Waals surface area contributed by atoms with Gasteiger partial charge in [0.15, 0.2) is 6.10 Å². The highest BCUT2D eigenvalue weighted by atomic mass is 16.4. The van der Waals surface area contributed by atoms with Crippen LogP contribution in [0.1, 0.15) is 155 Å². The van der Waals surface area contributed by atoms with E-state index in [1.165, 1.54) is 128 Å². The second-order valence-corrected chi connectivity index (χ2v) is 10.5. The van der Waals surface area contributed by atoms with E-state index in [1.54, 1.807) is 0 Å². The topological polar surface area (TPSA) is 82.2 Å². The zero-order chi connectivity index (χ0) is 24.7. The highest BCUT2D eigenvalue weighted by Gasteiger charge is 2.13. The summed E-state index contributed by atoms with van der Waals surface area (Å²) in [7, 11) is 0. The molecule has 5 nitrogen and oxygen atoms in total. The van der Waals surface area contributed by atoms with Gasteiger partial charge >= 0.3 is 5.97 Å². The second-order valence-electron chi connectivity index (χ2n) is 10.5. The van der Waals surface area contributed by atoms with Gasteiger partial charge in [-0.15, -0.1) is 0 Å². The summed E-state index contributed by atoms with van der Waals surface area (Å²) in [6.07, 6.45) is 27.6. The lowest BCUT2D eigenvalue weighted by Crippen LogP contribution is -2.18. The Kier molecular flexibility index (Phi) is 20.2. The van der Waals surface area contributed by atoms with Crippen molar-refractivity contribution in [1.29, 1.82) is 0 Å². The molecule has 0 amide bonds. The minimum absolute atomic E-state index is 0.396. The van der Waals surface area contributed by atoms with Gasteiger partial charge in [-0.3, -0.25) is 0 Å². The lowest BCUT2D eigenvalue weighted by Gasteiger charge is -2.17. The molecule has 0 bridgehead atoms. The van der Waals surface area contributed by atoms with Gasteiger partial charge in [-0.1, -0.05) is 122 Å². The first-order valence-corrected chi connectivity index (χ1v) is 14.7. The fourth-order valence-electron chi connectivity index (χ4n) is 4.92. The van der Waals surface area contributed by atoms with Crippen molar-refractivity contribution in [3.05, 3.63) is 0 Å². The number of hydrogen-bond donors (Lipinski definition) is 2. The van der Waals surface area contributed by atoms with Gasteiger partial charge in [0.05, 0.1) is 18.1 Å². The quantitative estimate of drug-likeness (QED) is 0.173. The van der Waals surface area contributed by atoms with E-state index in [1.807, 2.05) is 0 Å². The molecule has 2 N–H and O–H groups in total. The average Bonchev–Trinajstić information content (AvgIpc) is 2.86. The molecular formula is C29H54N2O3. The van der Waals surface area contributed by atoms with Gasteiger partial charge in [-0.05, 0) is 32.1 Å². The Morgan fingerprint density at radius 1 is 0.706 bits per heavy atom. The van der Waals surface area contributed by atoms with Gasteiger partial charge < -0.3 is 10.2 Å². The molecule has 0 saturated heterocycles. The molecule has 2 fully saturated rings. The van der Waals surface area contributed by atoms with Crippen molar-refractivity contribution in [2.45, 2.75) is 173 Å². The Hall–Kier alpha value is -1.19. The maximum Gasteiger partial charge on any atom is 0.332 e. The lowest BCUT2D eigenvalue weighted by atomic mass is 9.96. The standard InChI is InChI=1S/C16H32O3.C13H22N2/c1-2-3-4-5-6-7-8-9-10-11-12-13-14-15(17)16(18)19;1-3-7-12(8-4-1)14-11-15-13-9-5-2-6-10-13/h15,17H,2-14H2,1H3,(H,18,19);12-13H,1-10H2. The highest BCUT2D eigenvalue weighted by Crippen LogP contribution is 2.21. The summed E-state index contributed by atoms with van der Waals surface area (Å²) in [5, 5.41) is 17.6.